The van der Waals surface area contributed by atoms with Crippen molar-refractivity contribution in [1.29, 1.82) is 0 Å². The minimum Gasteiger partial charge on any atom is -0.294 e. The van der Waals surface area contributed by atoms with Gasteiger partial charge in [-0.05, 0) is 6.42 Å². The molecule has 0 atom stereocenters. The first-order valence-corrected chi connectivity index (χ1v) is 6.24. The average molecular weight is 290 g/mol. The van der Waals surface area contributed by atoms with Crippen molar-refractivity contribution in [3.05, 3.63) is 40.7 Å². The lowest BCUT2D eigenvalue weighted by Gasteiger charge is -2.00. The van der Waals surface area contributed by atoms with Crippen LogP contribution in [-0.2, 0) is 11.3 Å². The van der Waals surface area contributed by atoms with E-state index in [1.165, 1.54) is 18.5 Å². The second-order valence-corrected chi connectivity index (χ2v) is 4.31. The fraction of sp³-hybridized carbons (Fsp3) is 0.250. The van der Waals surface area contributed by atoms with E-state index in [0.717, 1.165) is 0 Å². The predicted octanol–water partition coefficient (Wildman–Crippen LogP) is 0.623. The molecule has 21 heavy (non-hydrogen) atoms. The second-order valence-electron chi connectivity index (χ2n) is 4.31. The number of nitro groups is 1. The van der Waals surface area contributed by atoms with Crippen molar-refractivity contribution in [2.24, 2.45) is 5.84 Å². The Balaban J connectivity index is 2.04. The number of nitrogens with two attached hydrogens (primary N) is 1. The van der Waals surface area contributed by atoms with Gasteiger partial charge in [-0.1, -0.05) is 12.1 Å². The second kappa shape index (κ2) is 6.57. The van der Waals surface area contributed by atoms with Gasteiger partial charge in [-0.15, -0.1) is 0 Å². The Labute approximate surface area is 119 Å². The highest BCUT2D eigenvalue weighted by Crippen LogP contribution is 2.20. The van der Waals surface area contributed by atoms with Crippen LogP contribution in [0.25, 0.3) is 11.4 Å². The molecular weight excluding hydrogens is 276 g/mol. The molecule has 1 aromatic heterocycles. The van der Waals surface area contributed by atoms with Crippen molar-refractivity contribution < 1.29 is 9.72 Å². The fourth-order valence-corrected chi connectivity index (χ4v) is 1.77. The van der Waals surface area contributed by atoms with Gasteiger partial charge in [0, 0.05) is 30.7 Å². The van der Waals surface area contributed by atoms with Crippen molar-refractivity contribution in [3.63, 3.8) is 0 Å². The monoisotopic (exact) mass is 290 g/mol. The summed E-state index contributed by atoms with van der Waals surface area (Å²) < 4.78 is 1.58. The molecule has 3 N–H and O–H groups in total. The Kier molecular flexibility index (Phi) is 4.57. The van der Waals surface area contributed by atoms with Crippen molar-refractivity contribution in [2.45, 2.75) is 19.4 Å². The van der Waals surface area contributed by atoms with Gasteiger partial charge in [0.2, 0.25) is 5.91 Å². The zero-order chi connectivity index (χ0) is 15.2. The minimum atomic E-state index is -0.466. The average Bonchev–Trinajstić information content (AvgIpc) is 2.96. The number of nitro benzene ring substituents is 1. The summed E-state index contributed by atoms with van der Waals surface area (Å²) in [6.07, 6.45) is 2.39. The maximum atomic E-state index is 11.0. The topological polar surface area (TPSA) is 129 Å². The normalized spacial score (nSPS) is 10.3. The Hall–Kier alpha value is -2.81. The Morgan fingerprint density at radius 2 is 2.29 bits per heavy atom. The van der Waals surface area contributed by atoms with Crippen LogP contribution in [0.4, 0.5) is 5.69 Å². The van der Waals surface area contributed by atoms with Gasteiger partial charge in [0.1, 0.15) is 6.33 Å². The van der Waals surface area contributed by atoms with Crippen molar-refractivity contribution >= 4 is 11.6 Å². The van der Waals surface area contributed by atoms with Crippen LogP contribution in [0.2, 0.25) is 0 Å². The van der Waals surface area contributed by atoms with Crippen LogP contribution >= 0.6 is 0 Å². The molecule has 0 spiro atoms. The predicted molar refractivity (Wildman–Crippen MR) is 73.7 cm³/mol. The van der Waals surface area contributed by atoms with E-state index in [-0.39, 0.29) is 11.6 Å². The molecule has 9 heteroatoms. The Bertz CT molecular complexity index is 654. The molecule has 2 rings (SSSR count). The molecule has 9 nitrogen and oxygen atoms in total. The van der Waals surface area contributed by atoms with E-state index in [2.05, 4.69) is 15.5 Å². The molecule has 0 saturated heterocycles. The number of carbonyl (C=O) groups is 1. The summed E-state index contributed by atoms with van der Waals surface area (Å²) in [4.78, 5) is 25.4. The summed E-state index contributed by atoms with van der Waals surface area (Å²) in [7, 11) is 0. The SMILES string of the molecule is NNC(=O)CCCn1cnc(-c2cccc([N+](=O)[O-])c2)n1. The first-order chi connectivity index (χ1) is 10.1. The van der Waals surface area contributed by atoms with Gasteiger partial charge in [0.05, 0.1) is 4.92 Å². The van der Waals surface area contributed by atoms with Crippen LogP contribution in [0.1, 0.15) is 12.8 Å². The van der Waals surface area contributed by atoms with Gasteiger partial charge in [-0.3, -0.25) is 25.0 Å². The molecule has 110 valence electrons. The number of hydrogen-bond donors (Lipinski definition) is 2. The lowest BCUT2D eigenvalue weighted by Crippen LogP contribution is -2.29. The molecule has 1 aromatic carbocycles. The van der Waals surface area contributed by atoms with E-state index in [1.807, 2.05) is 0 Å². The van der Waals surface area contributed by atoms with Crippen molar-refractivity contribution in [1.82, 2.24) is 20.2 Å². The van der Waals surface area contributed by atoms with E-state index < -0.39 is 4.92 Å². The van der Waals surface area contributed by atoms with Crippen molar-refractivity contribution in [2.75, 3.05) is 0 Å². The van der Waals surface area contributed by atoms with E-state index in [1.54, 1.807) is 16.8 Å². The standard InChI is InChI=1S/C12H14N6O3/c13-15-11(19)5-2-6-17-8-14-12(16-17)9-3-1-4-10(7-9)18(20)21/h1,3-4,7-8H,2,5-6,13H2,(H,15,19). The summed E-state index contributed by atoms with van der Waals surface area (Å²) in [6.45, 7) is 0.509. The fourth-order valence-electron chi connectivity index (χ4n) is 1.77. The number of hydrazine groups is 1. The van der Waals surface area contributed by atoms with Crippen LogP contribution < -0.4 is 11.3 Å². The Morgan fingerprint density at radius 1 is 1.48 bits per heavy atom. The van der Waals surface area contributed by atoms with Crippen LogP contribution in [0, 0.1) is 10.1 Å². The summed E-state index contributed by atoms with van der Waals surface area (Å²) in [6, 6.07) is 6.11. The lowest BCUT2D eigenvalue weighted by atomic mass is 10.2. The van der Waals surface area contributed by atoms with Gasteiger partial charge in [-0.25, -0.2) is 10.8 Å². The molecule has 0 radical (unpaired) electrons. The number of nitrogens with one attached hydrogen (secondary N) is 1. The maximum Gasteiger partial charge on any atom is 0.270 e. The minimum absolute atomic E-state index is 0.0107. The smallest absolute Gasteiger partial charge is 0.270 e. The highest BCUT2D eigenvalue weighted by atomic mass is 16.6. The molecule has 0 fully saturated rings. The number of aromatic nitrogens is 3. The molecule has 1 amide bonds. The third-order valence-electron chi connectivity index (χ3n) is 2.80. The zero-order valence-electron chi connectivity index (χ0n) is 11.1. The third kappa shape index (κ3) is 3.83. The lowest BCUT2D eigenvalue weighted by molar-refractivity contribution is -0.384. The van der Waals surface area contributed by atoms with E-state index >= 15 is 0 Å². The van der Waals surface area contributed by atoms with Gasteiger partial charge in [-0.2, -0.15) is 5.10 Å². The summed E-state index contributed by atoms with van der Waals surface area (Å²) in [5, 5.41) is 15.0. The molecule has 0 unspecified atom stereocenters. The number of rotatable bonds is 6. The molecule has 0 bridgehead atoms. The number of amides is 1. The number of hydrogen-bond acceptors (Lipinski definition) is 6. The van der Waals surface area contributed by atoms with Crippen LogP contribution in [-0.4, -0.2) is 25.6 Å². The summed E-state index contributed by atoms with van der Waals surface area (Å²) in [5.74, 6) is 5.14. The van der Waals surface area contributed by atoms with E-state index in [0.29, 0.717) is 30.8 Å². The molecule has 0 aliphatic carbocycles. The molecule has 0 aliphatic rings. The number of non-ortho nitro benzene ring substituents is 1. The van der Waals surface area contributed by atoms with E-state index in [4.69, 9.17) is 5.84 Å². The van der Waals surface area contributed by atoms with Gasteiger partial charge in [0.25, 0.3) is 5.69 Å². The number of nitrogens with zero attached hydrogens (tertiary/aromatic N) is 4. The van der Waals surface area contributed by atoms with Gasteiger partial charge < -0.3 is 0 Å². The summed E-state index contributed by atoms with van der Waals surface area (Å²) in [5.41, 5.74) is 2.61. The van der Waals surface area contributed by atoms with Crippen LogP contribution in [0.3, 0.4) is 0 Å². The Morgan fingerprint density at radius 3 is 3.00 bits per heavy atom. The quantitative estimate of drug-likeness (QED) is 0.347. The van der Waals surface area contributed by atoms with E-state index in [9.17, 15) is 14.9 Å². The number of carbonyl (C=O) groups excluding carboxylic acids is 1. The van der Waals surface area contributed by atoms with Gasteiger partial charge >= 0.3 is 0 Å². The molecule has 0 aliphatic heterocycles. The molecule has 0 saturated carbocycles. The van der Waals surface area contributed by atoms with Crippen LogP contribution in [0.15, 0.2) is 30.6 Å². The zero-order valence-corrected chi connectivity index (χ0v) is 11.1. The first-order valence-electron chi connectivity index (χ1n) is 6.24. The number of aryl methyl sites for hydroxylation is 1. The molecular formula is C12H14N6O3. The van der Waals surface area contributed by atoms with Gasteiger partial charge in [0.15, 0.2) is 5.82 Å². The molecule has 1 heterocycles. The number of benzene rings is 1. The highest BCUT2D eigenvalue weighted by molar-refractivity contribution is 5.75. The highest BCUT2D eigenvalue weighted by Gasteiger charge is 2.10. The largest absolute Gasteiger partial charge is 0.294 e. The first kappa shape index (κ1) is 14.6. The molecule has 2 aromatic rings. The maximum absolute atomic E-state index is 11.0. The van der Waals surface area contributed by atoms with Crippen LogP contribution in [0.5, 0.6) is 0 Å². The summed E-state index contributed by atoms with van der Waals surface area (Å²) >= 11 is 0. The van der Waals surface area contributed by atoms with Crippen molar-refractivity contribution in [3.8, 4) is 11.4 Å². The third-order valence-corrected chi connectivity index (χ3v) is 2.80.